The first-order chi connectivity index (χ1) is 8.04. The van der Waals surface area contributed by atoms with Crippen LogP contribution in [0.2, 0.25) is 0 Å². The molecule has 1 aromatic heterocycles. The standard InChI is InChI=1S/C9H6FN3O2S2/c1-5-11-9(17-12-5)16-8-3-6(10)2-7(4-8)13(14)15/h2-4H,1H3. The van der Waals surface area contributed by atoms with Crippen LogP contribution in [0, 0.1) is 22.9 Å². The average Bonchev–Trinajstić information content (AvgIpc) is 2.63. The van der Waals surface area contributed by atoms with Gasteiger partial charge in [-0.1, -0.05) is 11.8 Å². The second-order valence-corrected chi connectivity index (χ2v) is 5.18. The Balaban J connectivity index is 2.29. The summed E-state index contributed by atoms with van der Waals surface area (Å²) < 4.78 is 17.7. The molecule has 0 atom stereocenters. The third-order valence-electron chi connectivity index (χ3n) is 1.78. The van der Waals surface area contributed by atoms with Crippen molar-refractivity contribution < 1.29 is 9.31 Å². The van der Waals surface area contributed by atoms with Crippen LogP contribution in [-0.2, 0) is 0 Å². The fourth-order valence-electron chi connectivity index (χ4n) is 1.13. The number of hydrogen-bond acceptors (Lipinski definition) is 6. The van der Waals surface area contributed by atoms with E-state index in [-0.39, 0.29) is 5.69 Å². The molecular weight excluding hydrogens is 265 g/mol. The SMILES string of the molecule is Cc1nsc(Sc2cc(F)cc([N+](=O)[O-])c2)n1. The lowest BCUT2D eigenvalue weighted by molar-refractivity contribution is -0.385. The van der Waals surface area contributed by atoms with E-state index in [4.69, 9.17) is 0 Å². The molecule has 0 amide bonds. The maximum Gasteiger partial charge on any atom is 0.273 e. The minimum Gasteiger partial charge on any atom is -0.258 e. The van der Waals surface area contributed by atoms with Crippen molar-refractivity contribution >= 4 is 29.0 Å². The summed E-state index contributed by atoms with van der Waals surface area (Å²) in [5, 5.41) is 10.6. The molecule has 0 fully saturated rings. The Morgan fingerprint density at radius 1 is 1.47 bits per heavy atom. The minimum atomic E-state index is -0.636. The van der Waals surface area contributed by atoms with Gasteiger partial charge in [-0.05, 0) is 24.5 Å². The summed E-state index contributed by atoms with van der Waals surface area (Å²) in [6, 6.07) is 3.42. The van der Waals surface area contributed by atoms with Gasteiger partial charge in [-0.15, -0.1) is 0 Å². The van der Waals surface area contributed by atoms with Gasteiger partial charge in [-0.3, -0.25) is 10.1 Å². The summed E-state index contributed by atoms with van der Waals surface area (Å²) in [6.45, 7) is 1.74. The van der Waals surface area contributed by atoms with E-state index in [1.807, 2.05) is 0 Å². The van der Waals surface area contributed by atoms with Gasteiger partial charge in [-0.2, -0.15) is 4.37 Å². The van der Waals surface area contributed by atoms with Gasteiger partial charge in [-0.25, -0.2) is 9.37 Å². The number of nitro benzene ring substituents is 1. The maximum absolute atomic E-state index is 13.1. The third kappa shape index (κ3) is 2.98. The predicted octanol–water partition coefficient (Wildman–Crippen LogP) is 3.05. The summed E-state index contributed by atoms with van der Waals surface area (Å²) in [5.74, 6) is -0.00802. The molecule has 0 aliphatic rings. The normalized spacial score (nSPS) is 10.5. The van der Waals surface area contributed by atoms with Gasteiger partial charge in [0.25, 0.3) is 5.69 Å². The molecule has 0 aliphatic carbocycles. The average molecular weight is 271 g/mol. The van der Waals surface area contributed by atoms with E-state index >= 15 is 0 Å². The number of benzene rings is 1. The number of rotatable bonds is 3. The third-order valence-corrected chi connectivity index (χ3v) is 3.59. The Hall–Kier alpha value is -1.54. The number of halogens is 1. The van der Waals surface area contributed by atoms with Crippen molar-refractivity contribution in [1.29, 1.82) is 0 Å². The van der Waals surface area contributed by atoms with Crippen molar-refractivity contribution in [1.82, 2.24) is 9.36 Å². The van der Waals surface area contributed by atoms with Gasteiger partial charge in [0.05, 0.1) is 11.0 Å². The van der Waals surface area contributed by atoms with Gasteiger partial charge < -0.3 is 0 Å². The van der Waals surface area contributed by atoms with Crippen LogP contribution in [0.1, 0.15) is 5.82 Å². The summed E-state index contributed by atoms with van der Waals surface area (Å²) in [6.07, 6.45) is 0. The largest absolute Gasteiger partial charge is 0.273 e. The van der Waals surface area contributed by atoms with Crippen LogP contribution >= 0.6 is 23.3 Å². The van der Waals surface area contributed by atoms with Crippen LogP contribution in [-0.4, -0.2) is 14.3 Å². The summed E-state index contributed by atoms with van der Waals surface area (Å²) in [5.41, 5.74) is -0.270. The molecule has 2 rings (SSSR count). The summed E-state index contributed by atoms with van der Waals surface area (Å²) in [4.78, 5) is 14.5. The number of aryl methyl sites for hydroxylation is 1. The topological polar surface area (TPSA) is 68.9 Å². The van der Waals surface area contributed by atoms with Gasteiger partial charge in [0.2, 0.25) is 0 Å². The van der Waals surface area contributed by atoms with E-state index < -0.39 is 10.7 Å². The Labute approximate surface area is 104 Å². The molecule has 0 spiro atoms. The first-order valence-electron chi connectivity index (χ1n) is 4.48. The molecule has 1 aromatic carbocycles. The van der Waals surface area contributed by atoms with Crippen LogP contribution in [0.15, 0.2) is 27.4 Å². The predicted molar refractivity (Wildman–Crippen MR) is 61.8 cm³/mol. The van der Waals surface area contributed by atoms with Crippen LogP contribution in [0.5, 0.6) is 0 Å². The van der Waals surface area contributed by atoms with E-state index in [2.05, 4.69) is 9.36 Å². The molecule has 0 N–H and O–H groups in total. The maximum atomic E-state index is 13.1. The molecule has 88 valence electrons. The smallest absolute Gasteiger partial charge is 0.258 e. The van der Waals surface area contributed by atoms with Crippen molar-refractivity contribution in [3.63, 3.8) is 0 Å². The van der Waals surface area contributed by atoms with E-state index in [1.165, 1.54) is 23.7 Å². The number of hydrogen-bond donors (Lipinski definition) is 0. The number of non-ortho nitro benzene ring substituents is 1. The van der Waals surface area contributed by atoms with Gasteiger partial charge in [0, 0.05) is 11.0 Å². The Kier molecular flexibility index (Phi) is 3.34. The first kappa shape index (κ1) is 11.9. The quantitative estimate of drug-likeness (QED) is 0.634. The highest BCUT2D eigenvalue weighted by Gasteiger charge is 2.12. The van der Waals surface area contributed by atoms with Gasteiger partial charge in [0.15, 0.2) is 4.34 Å². The number of aromatic nitrogens is 2. The summed E-state index contributed by atoms with van der Waals surface area (Å²) >= 11 is 2.33. The molecule has 0 aliphatic heterocycles. The molecule has 0 radical (unpaired) electrons. The van der Waals surface area contributed by atoms with Crippen LogP contribution < -0.4 is 0 Å². The highest BCUT2D eigenvalue weighted by Crippen LogP contribution is 2.31. The van der Waals surface area contributed by atoms with Crippen molar-refractivity contribution in [2.75, 3.05) is 0 Å². The Bertz CT molecular complexity index is 573. The molecule has 0 saturated carbocycles. The Morgan fingerprint density at radius 3 is 2.82 bits per heavy atom. The molecule has 17 heavy (non-hydrogen) atoms. The zero-order valence-corrected chi connectivity index (χ0v) is 10.2. The van der Waals surface area contributed by atoms with Crippen molar-refractivity contribution in [2.24, 2.45) is 0 Å². The lowest BCUT2D eigenvalue weighted by Crippen LogP contribution is -1.89. The molecule has 8 heteroatoms. The zero-order chi connectivity index (χ0) is 12.4. The molecular formula is C9H6FN3O2S2. The molecule has 5 nitrogen and oxygen atoms in total. The second-order valence-electron chi connectivity index (χ2n) is 3.11. The highest BCUT2D eigenvalue weighted by molar-refractivity contribution is 8.01. The van der Waals surface area contributed by atoms with Crippen molar-refractivity contribution in [3.05, 3.63) is 40.0 Å². The van der Waals surface area contributed by atoms with Crippen molar-refractivity contribution in [3.8, 4) is 0 Å². The second kappa shape index (κ2) is 4.76. The summed E-state index contributed by atoms with van der Waals surface area (Å²) in [7, 11) is 0. The van der Waals surface area contributed by atoms with Crippen molar-refractivity contribution in [2.45, 2.75) is 16.2 Å². The van der Waals surface area contributed by atoms with Crippen LogP contribution in [0.25, 0.3) is 0 Å². The minimum absolute atomic E-state index is 0.270. The molecule has 0 bridgehead atoms. The fourth-order valence-corrected chi connectivity index (χ4v) is 2.84. The van der Waals surface area contributed by atoms with E-state index in [1.54, 1.807) is 6.92 Å². The van der Waals surface area contributed by atoms with Gasteiger partial charge in [0.1, 0.15) is 11.6 Å². The Morgan fingerprint density at radius 2 is 2.24 bits per heavy atom. The molecule has 0 unspecified atom stereocenters. The molecule has 2 aromatic rings. The van der Waals surface area contributed by atoms with Crippen LogP contribution in [0.4, 0.5) is 10.1 Å². The first-order valence-corrected chi connectivity index (χ1v) is 6.07. The van der Waals surface area contributed by atoms with E-state index in [0.29, 0.717) is 15.1 Å². The van der Waals surface area contributed by atoms with E-state index in [0.717, 1.165) is 17.8 Å². The highest BCUT2D eigenvalue weighted by atomic mass is 32.2. The number of nitrogens with zero attached hydrogens (tertiary/aromatic N) is 3. The zero-order valence-electron chi connectivity index (χ0n) is 8.58. The van der Waals surface area contributed by atoms with Gasteiger partial charge >= 0.3 is 0 Å². The fraction of sp³-hybridized carbons (Fsp3) is 0.111. The van der Waals surface area contributed by atoms with E-state index in [9.17, 15) is 14.5 Å². The molecule has 0 saturated heterocycles. The molecule has 1 heterocycles. The lowest BCUT2D eigenvalue weighted by Gasteiger charge is -1.98. The van der Waals surface area contributed by atoms with Crippen LogP contribution in [0.3, 0.4) is 0 Å². The monoisotopic (exact) mass is 271 g/mol. The lowest BCUT2D eigenvalue weighted by atomic mass is 10.3. The number of nitro groups is 1.